The first-order valence-electron chi connectivity index (χ1n) is 7.69. The molecule has 1 N–H and O–H groups in total. The van der Waals surface area contributed by atoms with Crippen LogP contribution in [-0.4, -0.2) is 25.6 Å². The van der Waals surface area contributed by atoms with E-state index in [1.54, 1.807) is 35.8 Å². The molecule has 3 heterocycles. The zero-order valence-electron chi connectivity index (χ0n) is 13.3. The van der Waals surface area contributed by atoms with E-state index in [0.29, 0.717) is 27.1 Å². The van der Waals surface area contributed by atoms with Crippen molar-refractivity contribution in [3.63, 3.8) is 0 Å². The first kappa shape index (κ1) is 16.2. The first-order valence-corrected chi connectivity index (χ1v) is 8.57. The Labute approximate surface area is 149 Å². The average Bonchev–Trinajstić information content (AvgIpc) is 3.12. The van der Waals surface area contributed by atoms with E-state index in [-0.39, 0.29) is 24.1 Å². The Balaban J connectivity index is 1.51. The van der Waals surface area contributed by atoms with Gasteiger partial charge in [-0.05, 0) is 6.07 Å². The van der Waals surface area contributed by atoms with Crippen LogP contribution in [0.15, 0.2) is 51.5 Å². The molecule has 26 heavy (non-hydrogen) atoms. The number of nitrogens with one attached hydrogen (secondary N) is 1. The van der Waals surface area contributed by atoms with Crippen LogP contribution in [0.5, 0.6) is 0 Å². The molecule has 4 aromatic rings. The maximum absolute atomic E-state index is 12.2. The summed E-state index contributed by atoms with van der Waals surface area (Å²) in [5, 5.41) is 9.14. The average molecular weight is 368 g/mol. The largest absolute Gasteiger partial charge is 0.459 e. The first-order chi connectivity index (χ1) is 12.6. The van der Waals surface area contributed by atoms with Gasteiger partial charge in [0.25, 0.3) is 11.1 Å². The molecule has 0 radical (unpaired) electrons. The number of rotatable bonds is 4. The van der Waals surface area contributed by atoms with Gasteiger partial charge in [0.05, 0.1) is 23.2 Å². The minimum atomic E-state index is -0.525. The molecule has 9 heteroatoms. The molecular weight excluding hydrogens is 356 g/mol. The lowest BCUT2D eigenvalue weighted by Crippen LogP contribution is -2.17. The van der Waals surface area contributed by atoms with Gasteiger partial charge in [-0.1, -0.05) is 18.2 Å². The van der Waals surface area contributed by atoms with E-state index in [1.165, 1.54) is 21.8 Å². The number of esters is 1. The normalized spacial score (nSPS) is 11.1. The highest BCUT2D eigenvalue weighted by molar-refractivity contribution is 7.15. The lowest BCUT2D eigenvalue weighted by atomic mass is 10.1. The molecule has 0 atom stereocenters. The molecule has 8 nitrogen and oxygen atoms in total. The van der Waals surface area contributed by atoms with E-state index < -0.39 is 5.97 Å². The van der Waals surface area contributed by atoms with Crippen molar-refractivity contribution in [3.05, 3.63) is 74.0 Å². The number of fused-ring (bicyclic) bond motifs is 2. The van der Waals surface area contributed by atoms with Crippen LogP contribution in [0.1, 0.15) is 11.4 Å². The van der Waals surface area contributed by atoms with Gasteiger partial charge in [-0.25, -0.2) is 10.1 Å². The van der Waals surface area contributed by atoms with Crippen molar-refractivity contribution in [1.82, 2.24) is 19.6 Å². The number of aromatic amines is 1. The number of nitrogens with zero attached hydrogens (tertiary/aromatic N) is 3. The molecular formula is C17H12N4O4S. The molecule has 1 aromatic carbocycles. The Kier molecular flexibility index (Phi) is 4.05. The van der Waals surface area contributed by atoms with Gasteiger partial charge in [0.1, 0.15) is 6.61 Å². The number of ether oxygens (including phenoxy) is 1. The molecule has 3 aromatic heterocycles. The van der Waals surface area contributed by atoms with Crippen LogP contribution in [0.25, 0.3) is 15.7 Å². The van der Waals surface area contributed by atoms with Gasteiger partial charge in [0.15, 0.2) is 4.96 Å². The minimum absolute atomic E-state index is 0.0997. The SMILES string of the molecule is O=C(Cc1n[nH]c(=O)c2ccccc12)OCc1cc(=O)n2ccsc2n1. The van der Waals surface area contributed by atoms with Crippen molar-refractivity contribution in [2.75, 3.05) is 0 Å². The fourth-order valence-electron chi connectivity index (χ4n) is 2.61. The number of hydrogen-bond donors (Lipinski definition) is 1. The van der Waals surface area contributed by atoms with Gasteiger partial charge in [0, 0.05) is 23.0 Å². The third-order valence-corrected chi connectivity index (χ3v) is 4.58. The third-order valence-electron chi connectivity index (χ3n) is 3.82. The summed E-state index contributed by atoms with van der Waals surface area (Å²) in [5.74, 6) is -0.525. The predicted molar refractivity (Wildman–Crippen MR) is 95.2 cm³/mol. The van der Waals surface area contributed by atoms with Gasteiger partial charge < -0.3 is 4.74 Å². The smallest absolute Gasteiger partial charge is 0.312 e. The van der Waals surface area contributed by atoms with Crippen LogP contribution < -0.4 is 11.1 Å². The molecule has 0 saturated heterocycles. The second-order valence-corrected chi connectivity index (χ2v) is 6.40. The molecule has 0 unspecified atom stereocenters. The molecule has 0 amide bonds. The number of thiazole rings is 1. The van der Waals surface area contributed by atoms with Crippen molar-refractivity contribution in [2.24, 2.45) is 0 Å². The van der Waals surface area contributed by atoms with Gasteiger partial charge in [-0.15, -0.1) is 11.3 Å². The number of benzene rings is 1. The van der Waals surface area contributed by atoms with Gasteiger partial charge >= 0.3 is 5.97 Å². The zero-order valence-corrected chi connectivity index (χ0v) is 14.2. The van der Waals surface area contributed by atoms with Crippen molar-refractivity contribution in [3.8, 4) is 0 Å². The highest BCUT2D eigenvalue weighted by Crippen LogP contribution is 2.13. The molecule has 0 bridgehead atoms. The molecule has 0 fully saturated rings. The summed E-state index contributed by atoms with van der Waals surface area (Å²) in [6, 6.07) is 8.24. The van der Waals surface area contributed by atoms with Crippen LogP contribution in [0, 0.1) is 0 Å². The summed E-state index contributed by atoms with van der Waals surface area (Å²) in [6.45, 7) is -0.107. The number of hydrogen-bond acceptors (Lipinski definition) is 7. The van der Waals surface area contributed by atoms with E-state index in [4.69, 9.17) is 4.74 Å². The number of carbonyl (C=O) groups is 1. The number of carbonyl (C=O) groups excluding carboxylic acids is 1. The fourth-order valence-corrected chi connectivity index (χ4v) is 3.35. The lowest BCUT2D eigenvalue weighted by Gasteiger charge is -2.06. The summed E-state index contributed by atoms with van der Waals surface area (Å²) in [5.41, 5.74) is 0.263. The van der Waals surface area contributed by atoms with Crippen molar-refractivity contribution in [2.45, 2.75) is 13.0 Å². The molecule has 0 spiro atoms. The van der Waals surface area contributed by atoms with E-state index in [1.807, 2.05) is 0 Å². The summed E-state index contributed by atoms with van der Waals surface area (Å²) in [4.78, 5) is 40.7. The van der Waals surface area contributed by atoms with Crippen LogP contribution >= 0.6 is 11.3 Å². The van der Waals surface area contributed by atoms with E-state index in [2.05, 4.69) is 15.2 Å². The summed E-state index contributed by atoms with van der Waals surface area (Å²) >= 11 is 1.32. The quantitative estimate of drug-likeness (QED) is 0.544. The standard InChI is InChI=1S/C17H12N4O4S/c22-14-7-10(18-17-21(14)5-6-26-17)9-25-15(23)8-13-11-3-1-2-4-12(11)16(24)20-19-13/h1-7H,8-9H2,(H,20,24). The summed E-state index contributed by atoms with van der Waals surface area (Å²) in [6.07, 6.45) is 1.54. The van der Waals surface area contributed by atoms with E-state index in [9.17, 15) is 14.4 Å². The monoisotopic (exact) mass is 368 g/mol. The Morgan fingerprint density at radius 3 is 2.88 bits per heavy atom. The van der Waals surface area contributed by atoms with E-state index >= 15 is 0 Å². The van der Waals surface area contributed by atoms with Crippen LogP contribution in [-0.2, 0) is 22.6 Å². The van der Waals surface area contributed by atoms with Crippen molar-refractivity contribution >= 4 is 33.0 Å². The topological polar surface area (TPSA) is 106 Å². The van der Waals surface area contributed by atoms with Crippen molar-refractivity contribution in [1.29, 1.82) is 0 Å². The summed E-state index contributed by atoms with van der Waals surface area (Å²) < 4.78 is 6.64. The Bertz CT molecular complexity index is 1240. The van der Waals surface area contributed by atoms with Gasteiger partial charge in [-0.2, -0.15) is 5.10 Å². The lowest BCUT2D eigenvalue weighted by molar-refractivity contribution is -0.144. The van der Waals surface area contributed by atoms with Gasteiger partial charge in [0.2, 0.25) is 0 Å². The third kappa shape index (κ3) is 3.00. The zero-order chi connectivity index (χ0) is 18.1. The molecule has 0 aliphatic heterocycles. The summed E-state index contributed by atoms with van der Waals surface area (Å²) in [7, 11) is 0. The minimum Gasteiger partial charge on any atom is -0.459 e. The van der Waals surface area contributed by atoms with Crippen molar-refractivity contribution < 1.29 is 9.53 Å². The second kappa shape index (κ2) is 6.52. The second-order valence-electron chi connectivity index (χ2n) is 5.52. The van der Waals surface area contributed by atoms with Gasteiger partial charge in [-0.3, -0.25) is 18.8 Å². The maximum Gasteiger partial charge on any atom is 0.312 e. The molecule has 0 aliphatic rings. The Hall–Kier alpha value is -3.33. The highest BCUT2D eigenvalue weighted by atomic mass is 32.1. The van der Waals surface area contributed by atoms with Crippen LogP contribution in [0.4, 0.5) is 0 Å². The Morgan fingerprint density at radius 2 is 2.04 bits per heavy atom. The van der Waals surface area contributed by atoms with Crippen LogP contribution in [0.2, 0.25) is 0 Å². The Morgan fingerprint density at radius 1 is 1.23 bits per heavy atom. The molecule has 0 saturated carbocycles. The predicted octanol–water partition coefficient (Wildman–Crippen LogP) is 1.28. The fraction of sp³-hybridized carbons (Fsp3) is 0.118. The molecule has 4 rings (SSSR count). The molecule has 130 valence electrons. The highest BCUT2D eigenvalue weighted by Gasteiger charge is 2.13. The number of aromatic nitrogens is 4. The maximum atomic E-state index is 12.2. The number of H-pyrrole nitrogens is 1. The van der Waals surface area contributed by atoms with Crippen LogP contribution in [0.3, 0.4) is 0 Å². The van der Waals surface area contributed by atoms with E-state index in [0.717, 1.165) is 0 Å². The molecule has 0 aliphatic carbocycles.